The minimum Gasteiger partial charge on any atom is -0.466 e. The van der Waals surface area contributed by atoms with Crippen LogP contribution in [0.5, 0.6) is 0 Å². The van der Waals surface area contributed by atoms with Crippen LogP contribution in [0.4, 0.5) is 0 Å². The Morgan fingerprint density at radius 3 is 2.29 bits per heavy atom. The molecule has 0 heterocycles. The largest absolute Gasteiger partial charge is 0.466 e. The van der Waals surface area contributed by atoms with Gasteiger partial charge in [-0.15, -0.1) is 0 Å². The molecule has 0 unspecified atom stereocenters. The van der Waals surface area contributed by atoms with Gasteiger partial charge in [0.15, 0.2) is 0 Å². The Morgan fingerprint density at radius 1 is 1.03 bits per heavy atom. The number of rotatable bonds is 7. The van der Waals surface area contributed by atoms with Crippen LogP contribution in [-0.2, 0) is 33.4 Å². The zero-order valence-electron chi connectivity index (χ0n) is 21.6. The molecule has 0 saturated heterocycles. The summed E-state index contributed by atoms with van der Waals surface area (Å²) >= 11 is 0. The molecule has 3 aliphatic carbocycles. The first-order chi connectivity index (χ1) is 15.7. The lowest BCUT2D eigenvalue weighted by molar-refractivity contribution is -0.149. The Bertz CT molecular complexity index is 912. The minimum absolute atomic E-state index is 0.0379. The molecule has 0 aromatic carbocycles. The fraction of sp³-hybridized carbons (Fsp3) is 0.846. The highest BCUT2D eigenvalue weighted by molar-refractivity contribution is 7.85. The molecule has 0 aromatic heterocycles. The van der Waals surface area contributed by atoms with Crippen molar-refractivity contribution in [1.82, 2.24) is 0 Å². The fourth-order valence-electron chi connectivity index (χ4n) is 7.35. The van der Waals surface area contributed by atoms with E-state index in [4.69, 9.17) is 13.7 Å². The van der Waals surface area contributed by atoms with Crippen molar-refractivity contribution >= 4 is 22.1 Å². The molecule has 0 aromatic rings. The maximum atomic E-state index is 12.0. The van der Waals surface area contributed by atoms with Crippen LogP contribution < -0.4 is 0 Å². The molecular formula is C26H42O7S. The lowest BCUT2D eigenvalue weighted by Gasteiger charge is -2.56. The van der Waals surface area contributed by atoms with E-state index in [9.17, 15) is 18.0 Å². The standard InChI is InChI=1S/C26H42O7S/c1-16-8-10-26(6,20(12-16)14-31-18(3)27)22-9-11-25(5)17(2)24(33-19(4)28)13-23(25)21(22)15-32-34(7,29)30/h16,20-24H,2,8-15H2,1,3-7H3/t16-,20+,21+,22-,23-,24-,25+,26-/m0/s1. The molecule has 0 amide bonds. The third-order valence-corrected chi connectivity index (χ3v) is 9.89. The van der Waals surface area contributed by atoms with Gasteiger partial charge in [0, 0.05) is 13.8 Å². The molecule has 3 rings (SSSR count). The van der Waals surface area contributed by atoms with E-state index in [0.29, 0.717) is 18.9 Å². The average molecular weight is 499 g/mol. The first-order valence-corrected chi connectivity index (χ1v) is 14.3. The number of hydrogen-bond acceptors (Lipinski definition) is 7. The molecule has 34 heavy (non-hydrogen) atoms. The van der Waals surface area contributed by atoms with Crippen molar-refractivity contribution in [3.8, 4) is 0 Å². The van der Waals surface area contributed by atoms with Crippen LogP contribution in [0.3, 0.4) is 0 Å². The van der Waals surface area contributed by atoms with Gasteiger partial charge in [0.2, 0.25) is 0 Å². The topological polar surface area (TPSA) is 96.0 Å². The summed E-state index contributed by atoms with van der Waals surface area (Å²) in [5, 5.41) is 0. The summed E-state index contributed by atoms with van der Waals surface area (Å²) in [7, 11) is -3.61. The van der Waals surface area contributed by atoms with Gasteiger partial charge < -0.3 is 9.47 Å². The molecule has 194 valence electrons. The number of esters is 2. The minimum atomic E-state index is -3.61. The molecule has 0 spiro atoms. The van der Waals surface area contributed by atoms with E-state index in [-0.39, 0.29) is 59.2 Å². The zero-order chi connectivity index (χ0) is 25.5. The van der Waals surface area contributed by atoms with Gasteiger partial charge in [-0.05, 0) is 78.1 Å². The van der Waals surface area contributed by atoms with E-state index in [1.807, 2.05) is 0 Å². The van der Waals surface area contributed by atoms with Gasteiger partial charge in [-0.25, -0.2) is 0 Å². The fourth-order valence-corrected chi connectivity index (χ4v) is 7.76. The highest BCUT2D eigenvalue weighted by atomic mass is 32.2. The predicted octanol–water partition coefficient (Wildman–Crippen LogP) is 4.51. The molecular weight excluding hydrogens is 456 g/mol. The highest BCUT2D eigenvalue weighted by Gasteiger charge is 2.59. The molecule has 7 nitrogen and oxygen atoms in total. The lowest BCUT2D eigenvalue weighted by Crippen LogP contribution is -2.51. The van der Waals surface area contributed by atoms with Crippen molar-refractivity contribution in [2.75, 3.05) is 19.5 Å². The Kier molecular flexibility index (Phi) is 7.93. The van der Waals surface area contributed by atoms with E-state index < -0.39 is 10.1 Å². The predicted molar refractivity (Wildman–Crippen MR) is 129 cm³/mol. The van der Waals surface area contributed by atoms with Crippen molar-refractivity contribution < 1.29 is 31.7 Å². The van der Waals surface area contributed by atoms with Crippen LogP contribution >= 0.6 is 0 Å². The van der Waals surface area contributed by atoms with Crippen LogP contribution in [0.25, 0.3) is 0 Å². The molecule has 8 heteroatoms. The monoisotopic (exact) mass is 498 g/mol. The van der Waals surface area contributed by atoms with Gasteiger partial charge in [-0.2, -0.15) is 8.42 Å². The second-order valence-corrected chi connectivity index (χ2v) is 13.2. The van der Waals surface area contributed by atoms with Gasteiger partial charge in [0.05, 0.1) is 19.5 Å². The molecule has 8 atom stereocenters. The van der Waals surface area contributed by atoms with E-state index >= 15 is 0 Å². The molecule has 3 fully saturated rings. The van der Waals surface area contributed by atoms with Gasteiger partial charge in [-0.1, -0.05) is 33.8 Å². The summed E-state index contributed by atoms with van der Waals surface area (Å²) in [6.07, 6.45) is 6.23. The normalized spacial score (nSPS) is 40.5. The maximum Gasteiger partial charge on any atom is 0.303 e. The second kappa shape index (κ2) is 9.92. The van der Waals surface area contributed by atoms with Gasteiger partial charge in [0.1, 0.15) is 6.10 Å². The second-order valence-electron chi connectivity index (χ2n) is 11.6. The number of carbonyl (C=O) groups is 2. The lowest BCUT2D eigenvalue weighted by atomic mass is 9.49. The molecule has 0 aliphatic heterocycles. The Hall–Kier alpha value is -1.41. The Labute approximate surface area is 205 Å². The molecule has 3 saturated carbocycles. The number of hydrogen-bond donors (Lipinski definition) is 0. The van der Waals surface area contributed by atoms with Crippen LogP contribution in [0.1, 0.15) is 73.1 Å². The van der Waals surface area contributed by atoms with Crippen molar-refractivity contribution in [2.45, 2.75) is 79.2 Å². The molecule has 3 aliphatic rings. The van der Waals surface area contributed by atoms with Crippen LogP contribution in [0.2, 0.25) is 0 Å². The van der Waals surface area contributed by atoms with E-state index in [2.05, 4.69) is 27.4 Å². The first kappa shape index (κ1) is 27.2. The van der Waals surface area contributed by atoms with Crippen molar-refractivity contribution in [2.24, 2.45) is 40.4 Å². The van der Waals surface area contributed by atoms with E-state index in [0.717, 1.165) is 43.9 Å². The zero-order valence-corrected chi connectivity index (χ0v) is 22.4. The van der Waals surface area contributed by atoms with Crippen LogP contribution in [0.15, 0.2) is 12.2 Å². The summed E-state index contributed by atoms with van der Waals surface area (Å²) < 4.78 is 40.6. The average Bonchev–Trinajstić information content (AvgIpc) is 2.96. The highest BCUT2D eigenvalue weighted by Crippen LogP contribution is 2.64. The van der Waals surface area contributed by atoms with Crippen LogP contribution in [-0.4, -0.2) is 45.9 Å². The quantitative estimate of drug-likeness (QED) is 0.289. The smallest absolute Gasteiger partial charge is 0.303 e. The molecule has 0 N–H and O–H groups in total. The molecule has 0 radical (unpaired) electrons. The summed E-state index contributed by atoms with van der Waals surface area (Å²) in [6.45, 7) is 14.4. The van der Waals surface area contributed by atoms with E-state index in [1.165, 1.54) is 13.8 Å². The van der Waals surface area contributed by atoms with Crippen molar-refractivity contribution in [3.05, 3.63) is 12.2 Å². The van der Waals surface area contributed by atoms with Crippen molar-refractivity contribution in [3.63, 3.8) is 0 Å². The van der Waals surface area contributed by atoms with Gasteiger partial charge in [-0.3, -0.25) is 13.8 Å². The number of carbonyl (C=O) groups excluding carboxylic acids is 2. The third-order valence-electron chi connectivity index (χ3n) is 9.33. The summed E-state index contributed by atoms with van der Waals surface area (Å²) in [4.78, 5) is 23.4. The Balaban J connectivity index is 1.97. The van der Waals surface area contributed by atoms with E-state index in [1.54, 1.807) is 0 Å². The summed E-state index contributed by atoms with van der Waals surface area (Å²) in [6, 6.07) is 0. The SMILES string of the molecule is C=C1[C@@H](OC(C)=O)C[C@H]2[C@H](COS(C)(=O)=O)[C@@H]([C@@]3(C)CC[C@H](C)C[C@@H]3COC(C)=O)CC[C@]12C. The van der Waals surface area contributed by atoms with Crippen LogP contribution in [0, 0.1) is 40.4 Å². The summed E-state index contributed by atoms with van der Waals surface area (Å²) in [5.74, 6) is 0.397. The number of ether oxygens (including phenoxy) is 2. The Morgan fingerprint density at radius 2 is 1.71 bits per heavy atom. The maximum absolute atomic E-state index is 12.0. The van der Waals surface area contributed by atoms with Crippen molar-refractivity contribution in [1.29, 1.82) is 0 Å². The van der Waals surface area contributed by atoms with Gasteiger partial charge >= 0.3 is 11.9 Å². The number of fused-ring (bicyclic) bond motifs is 1. The van der Waals surface area contributed by atoms with Gasteiger partial charge in [0.25, 0.3) is 10.1 Å². The first-order valence-electron chi connectivity index (χ1n) is 12.5. The third kappa shape index (κ3) is 5.53. The summed E-state index contributed by atoms with van der Waals surface area (Å²) in [5.41, 5.74) is 0.566. The molecule has 0 bridgehead atoms.